The van der Waals surface area contributed by atoms with Gasteiger partial charge in [-0.1, -0.05) is 36.3 Å². The van der Waals surface area contributed by atoms with E-state index >= 15 is 0 Å². The van der Waals surface area contributed by atoms with Crippen molar-refractivity contribution in [3.05, 3.63) is 52.7 Å². The van der Waals surface area contributed by atoms with Crippen LogP contribution in [0.3, 0.4) is 0 Å². The van der Waals surface area contributed by atoms with Crippen LogP contribution < -0.4 is 5.32 Å². The van der Waals surface area contributed by atoms with Crippen molar-refractivity contribution in [1.82, 2.24) is 0 Å². The highest BCUT2D eigenvalue weighted by atomic mass is 32.1. The van der Waals surface area contributed by atoms with E-state index in [-0.39, 0.29) is 12.5 Å². The Morgan fingerprint density at radius 1 is 1.25 bits per heavy atom. The van der Waals surface area contributed by atoms with Gasteiger partial charge in [-0.05, 0) is 30.0 Å². The van der Waals surface area contributed by atoms with Gasteiger partial charge in [0, 0.05) is 5.69 Å². The van der Waals surface area contributed by atoms with E-state index in [1.807, 2.05) is 54.8 Å². The third-order valence-corrected chi connectivity index (χ3v) is 3.49. The summed E-state index contributed by atoms with van der Waals surface area (Å²) < 4.78 is 0. The molecule has 1 N–H and O–H groups in total. The zero-order valence-electron chi connectivity index (χ0n) is 11.2. The number of nitrogens with one attached hydrogen (secondary N) is 1. The maximum Gasteiger partial charge on any atom is 0.265 e. The molecule has 1 aromatic carbocycles. The molecule has 0 bridgehead atoms. The third kappa shape index (κ3) is 4.20. The maximum absolute atomic E-state index is 11.7. The summed E-state index contributed by atoms with van der Waals surface area (Å²) in [7, 11) is 0. The van der Waals surface area contributed by atoms with Gasteiger partial charge in [-0.2, -0.15) is 0 Å². The monoisotopic (exact) mass is 288 g/mol. The molecule has 104 valence electrons. The van der Waals surface area contributed by atoms with Crippen LogP contribution in [-0.2, 0) is 9.63 Å². The van der Waals surface area contributed by atoms with Crippen molar-refractivity contribution >= 4 is 28.6 Å². The predicted octanol–water partition coefficient (Wildman–Crippen LogP) is 3.52. The largest absolute Gasteiger partial charge is 0.385 e. The van der Waals surface area contributed by atoms with Gasteiger partial charge in [0.25, 0.3) is 5.91 Å². The smallest absolute Gasteiger partial charge is 0.265 e. The van der Waals surface area contributed by atoms with Crippen LogP contribution in [0.4, 0.5) is 5.69 Å². The van der Waals surface area contributed by atoms with Gasteiger partial charge in [0.05, 0.1) is 10.6 Å². The molecule has 4 nitrogen and oxygen atoms in total. The van der Waals surface area contributed by atoms with Crippen LogP contribution in [0, 0.1) is 0 Å². The second kappa shape index (κ2) is 7.45. The number of hydrogen-bond acceptors (Lipinski definition) is 4. The molecule has 1 aromatic heterocycles. The Hall–Kier alpha value is -2.14. The second-order valence-corrected chi connectivity index (χ2v) is 5.00. The number of oxime groups is 1. The van der Waals surface area contributed by atoms with E-state index in [0.717, 1.165) is 22.7 Å². The standard InChI is InChI=1S/C15H16N2O2S/c1-2-13(14-9-6-10-20-14)17-19-11-15(18)16-12-7-4-3-5-8-12/h3-10H,2,11H2,1H3,(H,16,18)/b17-13-. The number of nitrogens with zero attached hydrogens (tertiary/aromatic N) is 1. The normalized spacial score (nSPS) is 11.2. The van der Waals surface area contributed by atoms with Crippen molar-refractivity contribution in [3.8, 4) is 0 Å². The summed E-state index contributed by atoms with van der Waals surface area (Å²) in [6.45, 7) is 1.91. The van der Waals surface area contributed by atoms with E-state index < -0.39 is 0 Å². The van der Waals surface area contributed by atoms with Gasteiger partial charge in [-0.25, -0.2) is 0 Å². The summed E-state index contributed by atoms with van der Waals surface area (Å²) in [6, 6.07) is 13.2. The average molecular weight is 288 g/mol. The summed E-state index contributed by atoms with van der Waals surface area (Å²) in [5.74, 6) is -0.221. The van der Waals surface area contributed by atoms with Crippen LogP contribution in [-0.4, -0.2) is 18.2 Å². The van der Waals surface area contributed by atoms with E-state index in [4.69, 9.17) is 4.84 Å². The van der Waals surface area contributed by atoms with Gasteiger partial charge in [0.15, 0.2) is 6.61 Å². The van der Waals surface area contributed by atoms with Crippen LogP contribution >= 0.6 is 11.3 Å². The van der Waals surface area contributed by atoms with Gasteiger partial charge >= 0.3 is 0 Å². The number of carbonyl (C=O) groups excluding carboxylic acids is 1. The van der Waals surface area contributed by atoms with Crippen molar-refractivity contribution < 1.29 is 9.63 Å². The lowest BCUT2D eigenvalue weighted by Crippen LogP contribution is -2.17. The van der Waals surface area contributed by atoms with Gasteiger partial charge in [-0.3, -0.25) is 4.79 Å². The lowest BCUT2D eigenvalue weighted by atomic mass is 10.2. The van der Waals surface area contributed by atoms with Crippen LogP contribution in [0.5, 0.6) is 0 Å². The highest BCUT2D eigenvalue weighted by Crippen LogP contribution is 2.12. The van der Waals surface area contributed by atoms with Crippen molar-refractivity contribution in [1.29, 1.82) is 0 Å². The maximum atomic E-state index is 11.7. The number of amides is 1. The summed E-state index contributed by atoms with van der Waals surface area (Å²) in [5, 5.41) is 8.76. The Bertz CT molecular complexity index is 565. The van der Waals surface area contributed by atoms with Crippen molar-refractivity contribution in [2.24, 2.45) is 5.16 Å². The Labute approximate surface area is 122 Å². The molecule has 0 aliphatic rings. The van der Waals surface area contributed by atoms with Crippen molar-refractivity contribution in [2.75, 3.05) is 11.9 Å². The number of thiophene rings is 1. The zero-order chi connectivity index (χ0) is 14.2. The van der Waals surface area contributed by atoms with Gasteiger partial charge < -0.3 is 10.2 Å². The van der Waals surface area contributed by atoms with Gasteiger partial charge in [-0.15, -0.1) is 11.3 Å². The minimum Gasteiger partial charge on any atom is -0.385 e. The number of carbonyl (C=O) groups is 1. The van der Waals surface area contributed by atoms with Crippen LogP contribution in [0.25, 0.3) is 0 Å². The molecule has 0 radical (unpaired) electrons. The van der Waals surface area contributed by atoms with Crippen LogP contribution in [0.1, 0.15) is 18.2 Å². The molecule has 2 rings (SSSR count). The first-order valence-electron chi connectivity index (χ1n) is 6.37. The minimum absolute atomic E-state index is 0.0935. The number of hydrogen-bond donors (Lipinski definition) is 1. The number of benzene rings is 1. The minimum atomic E-state index is -0.221. The molecule has 0 saturated carbocycles. The molecule has 2 aromatic rings. The molecule has 5 heteroatoms. The molecular formula is C15H16N2O2S. The first kappa shape index (κ1) is 14.3. The molecule has 0 saturated heterocycles. The summed E-state index contributed by atoms with van der Waals surface area (Å²) >= 11 is 1.61. The topological polar surface area (TPSA) is 50.7 Å². The average Bonchev–Trinajstić information content (AvgIpc) is 2.99. The van der Waals surface area contributed by atoms with Crippen molar-refractivity contribution in [2.45, 2.75) is 13.3 Å². The molecule has 1 amide bonds. The predicted molar refractivity (Wildman–Crippen MR) is 82.2 cm³/mol. The molecule has 0 unspecified atom stereocenters. The molecule has 0 atom stereocenters. The van der Waals surface area contributed by atoms with Crippen LogP contribution in [0.15, 0.2) is 53.0 Å². The number of rotatable bonds is 6. The lowest BCUT2D eigenvalue weighted by Gasteiger charge is -2.05. The molecule has 20 heavy (non-hydrogen) atoms. The number of anilines is 1. The highest BCUT2D eigenvalue weighted by molar-refractivity contribution is 7.12. The molecular weight excluding hydrogens is 272 g/mol. The van der Waals surface area contributed by atoms with E-state index in [1.165, 1.54) is 0 Å². The molecule has 0 fully saturated rings. The quantitative estimate of drug-likeness (QED) is 0.653. The van der Waals surface area contributed by atoms with Crippen LogP contribution in [0.2, 0.25) is 0 Å². The fraction of sp³-hybridized carbons (Fsp3) is 0.200. The Morgan fingerprint density at radius 3 is 2.70 bits per heavy atom. The first-order chi connectivity index (χ1) is 9.79. The Morgan fingerprint density at radius 2 is 2.05 bits per heavy atom. The van der Waals surface area contributed by atoms with E-state index in [0.29, 0.717) is 0 Å². The summed E-state index contributed by atoms with van der Waals surface area (Å²) in [6.07, 6.45) is 0.765. The SMILES string of the molecule is CC/C(=N/OCC(=O)Nc1ccccc1)c1cccs1. The summed E-state index contributed by atoms with van der Waals surface area (Å²) in [4.78, 5) is 17.9. The summed E-state index contributed by atoms with van der Waals surface area (Å²) in [5.41, 5.74) is 1.60. The van der Waals surface area contributed by atoms with Gasteiger partial charge in [0.2, 0.25) is 0 Å². The first-order valence-corrected chi connectivity index (χ1v) is 7.25. The van der Waals surface area contributed by atoms with Crippen molar-refractivity contribution in [3.63, 3.8) is 0 Å². The van der Waals surface area contributed by atoms with E-state index in [9.17, 15) is 4.79 Å². The molecule has 0 aliphatic carbocycles. The van der Waals surface area contributed by atoms with Gasteiger partial charge in [0.1, 0.15) is 0 Å². The molecule has 0 aliphatic heterocycles. The Balaban J connectivity index is 1.84. The van der Waals surface area contributed by atoms with E-state index in [2.05, 4.69) is 10.5 Å². The second-order valence-electron chi connectivity index (χ2n) is 4.06. The molecule has 1 heterocycles. The zero-order valence-corrected chi connectivity index (χ0v) is 12.0. The van der Waals surface area contributed by atoms with E-state index in [1.54, 1.807) is 11.3 Å². The third-order valence-electron chi connectivity index (χ3n) is 2.57. The highest BCUT2D eigenvalue weighted by Gasteiger charge is 2.05. The lowest BCUT2D eigenvalue weighted by molar-refractivity contribution is -0.120. The fourth-order valence-corrected chi connectivity index (χ4v) is 2.39. The fourth-order valence-electron chi connectivity index (χ4n) is 1.61. The molecule has 0 spiro atoms. The number of para-hydroxylation sites is 1. The Kier molecular flexibility index (Phi) is 5.32.